The number of aromatic nitrogens is 7. The first-order valence-corrected chi connectivity index (χ1v) is 30.6. The fourth-order valence-corrected chi connectivity index (χ4v) is 15.8. The van der Waals surface area contributed by atoms with Crippen LogP contribution in [0, 0.1) is 0 Å². The fraction of sp³-hybridized carbons (Fsp3) is 0.0125. The Morgan fingerprint density at radius 2 is 0.875 bits per heavy atom. The zero-order valence-corrected chi connectivity index (χ0v) is 48.0. The number of rotatable bonds is 7. The van der Waals surface area contributed by atoms with Crippen molar-refractivity contribution in [3.05, 3.63) is 307 Å². The lowest BCUT2D eigenvalue weighted by Crippen LogP contribution is -2.33. The van der Waals surface area contributed by atoms with Crippen LogP contribution in [-0.4, -0.2) is 34.1 Å². The van der Waals surface area contributed by atoms with Crippen molar-refractivity contribution in [3.8, 4) is 90.4 Å². The Bertz CT molecular complexity index is 5770. The third-order valence-corrected chi connectivity index (χ3v) is 19.6. The van der Waals surface area contributed by atoms with E-state index in [-0.39, 0.29) is 0 Å². The minimum Gasteiger partial charge on any atom is -0.309 e. The SMILES string of the molecule is c1ccc(-c2cccc(-c3nc(-c4ccccc4)nc(-c4cccc5c4-c4cc(-c6nc(-c7ccc8c(c7)c7ccccc7n8-c7ccccc7)c7sc8ccccc8c7n6)ccc4C54c5ccccc5-n5c6ccccc6c6cccc4c65)n3)c2)cc1. The van der Waals surface area contributed by atoms with E-state index in [0.717, 1.165) is 99.3 Å². The van der Waals surface area contributed by atoms with Crippen LogP contribution < -0.4 is 0 Å². The van der Waals surface area contributed by atoms with Crippen molar-refractivity contribution in [2.24, 2.45) is 0 Å². The summed E-state index contributed by atoms with van der Waals surface area (Å²) in [6.07, 6.45) is 0. The summed E-state index contributed by atoms with van der Waals surface area (Å²) in [6.45, 7) is 0. The van der Waals surface area contributed by atoms with Crippen LogP contribution in [0.25, 0.3) is 154 Å². The van der Waals surface area contributed by atoms with Crippen LogP contribution in [0.4, 0.5) is 0 Å². The minimum atomic E-state index is -0.768. The highest BCUT2D eigenvalue weighted by atomic mass is 32.1. The molecular formula is C80H47N7S. The molecule has 19 rings (SSSR count). The van der Waals surface area contributed by atoms with Gasteiger partial charge in [-0.1, -0.05) is 224 Å². The van der Waals surface area contributed by atoms with E-state index in [1.807, 2.05) is 18.2 Å². The van der Waals surface area contributed by atoms with Crippen molar-refractivity contribution in [2.75, 3.05) is 0 Å². The monoisotopic (exact) mass is 1140 g/mol. The van der Waals surface area contributed by atoms with Crippen LogP contribution in [0.1, 0.15) is 22.3 Å². The standard InChI is InChI=1S/C80H47N7S/c1-4-21-48(22-5-1)50-25-18-26-52(45-50)78-83-76(49-23-6-2-7-24-49)84-79(85-78)59-33-20-35-64-71(59)61-47-53(41-43-62(61)80(64)63-34-13-16-39-69(63)87-67-38-15-10-29-55(67)57-32-19-36-65(80)74(57)87)77-81-72(75-73(82-77)58-31-12-17-40-70(58)88-75)51-42-44-68-60(46-51)56-30-11-14-37-66(56)86(68)54-27-8-3-9-28-54/h1-47H. The highest BCUT2D eigenvalue weighted by Gasteiger charge is 2.52. The zero-order chi connectivity index (χ0) is 57.6. The fourth-order valence-electron chi connectivity index (χ4n) is 14.7. The maximum atomic E-state index is 5.75. The maximum Gasteiger partial charge on any atom is 0.164 e. The van der Waals surface area contributed by atoms with Crippen LogP contribution in [0.2, 0.25) is 0 Å². The molecule has 6 heterocycles. The maximum absolute atomic E-state index is 5.75. The summed E-state index contributed by atoms with van der Waals surface area (Å²) in [5.74, 6) is 2.43. The molecule has 8 heteroatoms. The third-order valence-electron chi connectivity index (χ3n) is 18.4. The number of hydrogen-bond donors (Lipinski definition) is 0. The molecule has 0 bridgehead atoms. The molecule has 2 aliphatic rings. The predicted octanol–water partition coefficient (Wildman–Crippen LogP) is 19.9. The molecule has 17 aromatic rings. The van der Waals surface area contributed by atoms with Crippen molar-refractivity contribution < 1.29 is 0 Å². The highest BCUT2D eigenvalue weighted by Crippen LogP contribution is 2.63. The zero-order valence-electron chi connectivity index (χ0n) is 47.2. The molecule has 0 saturated carbocycles. The molecule has 0 fully saturated rings. The van der Waals surface area contributed by atoms with Gasteiger partial charge in [0.1, 0.15) is 0 Å². The van der Waals surface area contributed by atoms with Gasteiger partial charge in [-0.2, -0.15) is 0 Å². The molecule has 0 amide bonds. The van der Waals surface area contributed by atoms with Gasteiger partial charge in [-0.3, -0.25) is 0 Å². The first-order valence-electron chi connectivity index (χ1n) is 29.8. The third kappa shape index (κ3) is 6.97. The molecule has 12 aromatic carbocycles. The average Bonchev–Trinajstić information content (AvgIpc) is 1.50. The van der Waals surface area contributed by atoms with Gasteiger partial charge in [0.25, 0.3) is 0 Å². The Morgan fingerprint density at radius 3 is 1.70 bits per heavy atom. The van der Waals surface area contributed by atoms with Gasteiger partial charge in [-0.15, -0.1) is 11.3 Å². The lowest BCUT2D eigenvalue weighted by Gasteiger charge is -2.39. The van der Waals surface area contributed by atoms with Crippen molar-refractivity contribution in [2.45, 2.75) is 5.41 Å². The van der Waals surface area contributed by atoms with Crippen molar-refractivity contribution >= 4 is 75.3 Å². The molecule has 0 N–H and O–H groups in total. The number of hydrogen-bond acceptors (Lipinski definition) is 6. The molecule has 1 aliphatic carbocycles. The molecule has 88 heavy (non-hydrogen) atoms. The number of nitrogens with zero attached hydrogens (tertiary/aromatic N) is 7. The normalized spacial score (nSPS) is 14.0. The molecule has 0 radical (unpaired) electrons. The first-order chi connectivity index (χ1) is 43.6. The Morgan fingerprint density at radius 1 is 0.307 bits per heavy atom. The van der Waals surface area contributed by atoms with Crippen LogP contribution in [0.15, 0.2) is 285 Å². The lowest BCUT2D eigenvalue weighted by atomic mass is 9.65. The Kier molecular flexibility index (Phi) is 10.4. The number of para-hydroxylation sites is 5. The van der Waals surface area contributed by atoms with Crippen LogP contribution in [0.5, 0.6) is 0 Å². The molecule has 0 saturated heterocycles. The second-order valence-electron chi connectivity index (χ2n) is 23.0. The van der Waals surface area contributed by atoms with E-state index in [4.69, 9.17) is 24.9 Å². The summed E-state index contributed by atoms with van der Waals surface area (Å²) >= 11 is 1.76. The second kappa shape index (κ2) is 18.8. The molecule has 1 spiro atoms. The van der Waals surface area contributed by atoms with E-state index in [1.165, 1.54) is 54.0 Å². The predicted molar refractivity (Wildman–Crippen MR) is 360 cm³/mol. The van der Waals surface area contributed by atoms with E-state index in [9.17, 15) is 0 Å². The smallest absolute Gasteiger partial charge is 0.164 e. The summed E-state index contributed by atoms with van der Waals surface area (Å²) in [7, 11) is 0. The Hall–Kier alpha value is -11.5. The molecule has 7 nitrogen and oxygen atoms in total. The Balaban J connectivity index is 0.884. The van der Waals surface area contributed by atoms with Crippen LogP contribution >= 0.6 is 11.3 Å². The Labute approximate surface area is 509 Å². The largest absolute Gasteiger partial charge is 0.309 e. The number of benzene rings is 12. The molecule has 1 aliphatic heterocycles. The van der Waals surface area contributed by atoms with Gasteiger partial charge in [-0.05, 0) is 105 Å². The molecule has 1 unspecified atom stereocenters. The highest BCUT2D eigenvalue weighted by molar-refractivity contribution is 7.26. The van der Waals surface area contributed by atoms with Crippen molar-refractivity contribution in [1.82, 2.24) is 34.1 Å². The summed E-state index contributed by atoms with van der Waals surface area (Å²) in [4.78, 5) is 27.7. The van der Waals surface area contributed by atoms with Gasteiger partial charge in [-0.25, -0.2) is 24.9 Å². The summed E-state index contributed by atoms with van der Waals surface area (Å²) < 4.78 is 7.09. The van der Waals surface area contributed by atoms with E-state index in [1.54, 1.807) is 11.3 Å². The van der Waals surface area contributed by atoms with Gasteiger partial charge >= 0.3 is 0 Å². The minimum absolute atomic E-state index is 0.587. The number of thiophene rings is 1. The van der Waals surface area contributed by atoms with Gasteiger partial charge in [0.15, 0.2) is 23.3 Å². The number of fused-ring (bicyclic) bond motifs is 18. The first kappa shape index (κ1) is 48.9. The van der Waals surface area contributed by atoms with Gasteiger partial charge in [0.2, 0.25) is 0 Å². The van der Waals surface area contributed by atoms with Gasteiger partial charge in [0.05, 0.1) is 49.1 Å². The molecular weight excluding hydrogens is 1090 g/mol. The molecule has 408 valence electrons. The van der Waals surface area contributed by atoms with Crippen molar-refractivity contribution in [1.29, 1.82) is 0 Å². The summed E-state index contributed by atoms with van der Waals surface area (Å²) in [6, 6.07) is 103. The second-order valence-corrected chi connectivity index (χ2v) is 24.1. The van der Waals surface area contributed by atoms with Crippen LogP contribution in [-0.2, 0) is 5.41 Å². The lowest BCUT2D eigenvalue weighted by molar-refractivity contribution is 0.748. The molecule has 5 aromatic heterocycles. The van der Waals surface area contributed by atoms with Gasteiger partial charge in [0, 0.05) is 65.1 Å². The summed E-state index contributed by atoms with van der Waals surface area (Å²) in [5, 5.41) is 5.91. The summed E-state index contributed by atoms with van der Waals surface area (Å²) in [5.41, 5.74) is 21.8. The quantitative estimate of drug-likeness (QED) is 0.159. The topological polar surface area (TPSA) is 74.3 Å². The van der Waals surface area contributed by atoms with E-state index in [0.29, 0.717) is 23.3 Å². The van der Waals surface area contributed by atoms with Crippen molar-refractivity contribution in [3.63, 3.8) is 0 Å². The van der Waals surface area contributed by atoms with E-state index in [2.05, 4.69) is 276 Å². The van der Waals surface area contributed by atoms with Crippen LogP contribution in [0.3, 0.4) is 0 Å². The van der Waals surface area contributed by atoms with E-state index >= 15 is 0 Å². The average molecular weight is 1140 g/mol. The van der Waals surface area contributed by atoms with E-state index < -0.39 is 5.41 Å². The molecule has 1 atom stereocenters. The van der Waals surface area contributed by atoms with Gasteiger partial charge < -0.3 is 9.13 Å².